The van der Waals surface area contributed by atoms with Gasteiger partial charge in [-0.05, 0) is 204 Å². The van der Waals surface area contributed by atoms with Gasteiger partial charge in [0.25, 0.3) is 0 Å². The lowest BCUT2D eigenvalue weighted by Gasteiger charge is -2.22. The van der Waals surface area contributed by atoms with Gasteiger partial charge in [-0.15, -0.1) is 0 Å². The van der Waals surface area contributed by atoms with Crippen LogP contribution in [0.15, 0.2) is 259 Å². The molecule has 0 unspecified atom stereocenters. The van der Waals surface area contributed by atoms with Crippen molar-refractivity contribution in [1.82, 2.24) is 4.57 Å². The lowest BCUT2D eigenvalue weighted by Crippen LogP contribution is -2.15. The van der Waals surface area contributed by atoms with Gasteiger partial charge in [0.2, 0.25) is 0 Å². The fraction of sp³-hybridized carbons (Fsp3) is 0.0886. The Balaban J connectivity index is 0.000000126. The molecule has 3 aliphatic carbocycles. The summed E-state index contributed by atoms with van der Waals surface area (Å²) in [5.74, 6) is 0. The van der Waals surface area contributed by atoms with Gasteiger partial charge in [-0.2, -0.15) is 0 Å². The quantitative estimate of drug-likeness (QED) is 0.144. The summed E-state index contributed by atoms with van der Waals surface area (Å²) in [5, 5.41) is 16.9. The van der Waals surface area contributed by atoms with Crippen LogP contribution in [0.1, 0.15) is 74.8 Å². The summed E-state index contributed by atoms with van der Waals surface area (Å²) in [6.07, 6.45) is 1.02. The predicted octanol–water partition coefficient (Wildman–Crippen LogP) is 22.0. The summed E-state index contributed by atoms with van der Waals surface area (Å²) < 4.78 is 81.5. The maximum atomic E-state index is 9.01. The van der Waals surface area contributed by atoms with Gasteiger partial charge in [0.05, 0.1) is 24.7 Å². The average Bonchev–Trinajstić information content (AvgIpc) is 1.58. The maximum Gasteiger partial charge on any atom is 0.0645 e. The minimum atomic E-state index is -0.394. The van der Waals surface area contributed by atoms with E-state index in [0.717, 1.165) is 60.7 Å². The molecule has 0 radical (unpaired) electrons. The van der Waals surface area contributed by atoms with Gasteiger partial charge in [0.1, 0.15) is 0 Å². The molecule has 1 nitrogen and oxygen atoms in total. The molecule has 18 rings (SSSR count). The highest BCUT2D eigenvalue weighted by molar-refractivity contribution is 9.10. The smallest absolute Gasteiger partial charge is 0.0645 e. The molecule has 0 aliphatic heterocycles. The summed E-state index contributed by atoms with van der Waals surface area (Å²) in [6.45, 7) is 9.21. The van der Waals surface area contributed by atoms with E-state index < -0.39 is 6.04 Å². The number of fused-ring (bicyclic) bond motifs is 24. The first-order valence-corrected chi connectivity index (χ1v) is 28.4. The average molecular weight is 1110 g/mol. The molecule has 2 heteroatoms. The molecule has 0 saturated carbocycles. The fourth-order valence-corrected chi connectivity index (χ4v) is 14.4. The Labute approximate surface area is 494 Å². The molecule has 1 heterocycles. The van der Waals surface area contributed by atoms with Crippen molar-refractivity contribution in [2.24, 2.45) is 0 Å². The molecule has 0 N–H and O–H groups in total. The largest absolute Gasteiger partial charge is 0.309 e. The highest BCUT2D eigenvalue weighted by atomic mass is 79.9. The molecule has 81 heavy (non-hydrogen) atoms. The van der Waals surface area contributed by atoms with E-state index in [0.29, 0.717) is 0 Å². The van der Waals surface area contributed by atoms with Gasteiger partial charge in [-0.25, -0.2) is 0 Å². The van der Waals surface area contributed by atoms with Crippen LogP contribution in [-0.2, 0) is 17.3 Å². The van der Waals surface area contributed by atoms with Crippen molar-refractivity contribution >= 4 is 102 Å². The minimum absolute atomic E-state index is 0.0485. The molecular weight excluding hydrogens is 1040 g/mol. The van der Waals surface area contributed by atoms with Crippen LogP contribution < -0.4 is 0 Å². The van der Waals surface area contributed by atoms with Gasteiger partial charge in [0, 0.05) is 31.8 Å². The topological polar surface area (TPSA) is 4.93 Å². The van der Waals surface area contributed by atoms with Crippen LogP contribution >= 0.6 is 15.9 Å². The van der Waals surface area contributed by atoms with Gasteiger partial charge in [0.15, 0.2) is 0 Å². The lowest BCUT2D eigenvalue weighted by molar-refractivity contribution is 0.659. The van der Waals surface area contributed by atoms with E-state index in [2.05, 4.69) is 238 Å². The Kier molecular flexibility index (Phi) is 8.54. The molecule has 0 bridgehead atoms. The molecule has 0 fully saturated rings. The number of benzene rings is 14. The Morgan fingerprint density at radius 1 is 0.321 bits per heavy atom. The number of rotatable bonds is 1. The molecule has 14 aromatic carbocycles. The predicted molar refractivity (Wildman–Crippen MR) is 350 cm³/mol. The number of halogens is 1. The summed E-state index contributed by atoms with van der Waals surface area (Å²) in [4.78, 5) is 0. The zero-order chi connectivity index (χ0) is 63.0. The molecule has 384 valence electrons. The van der Waals surface area contributed by atoms with Crippen molar-refractivity contribution in [1.29, 1.82) is 0 Å². The number of aromatic nitrogens is 1. The zero-order valence-electron chi connectivity index (χ0n) is 55.0. The summed E-state index contributed by atoms with van der Waals surface area (Å²) in [7, 11) is 0. The van der Waals surface area contributed by atoms with E-state index in [1.165, 1.54) is 98.9 Å². The summed E-state index contributed by atoms with van der Waals surface area (Å²) >= 11 is 2.92. The van der Waals surface area contributed by atoms with Crippen LogP contribution in [0.5, 0.6) is 0 Å². The monoisotopic (exact) mass is 1110 g/mol. The second-order valence-electron chi connectivity index (χ2n) is 22.9. The third-order valence-corrected chi connectivity index (χ3v) is 18.4. The van der Waals surface area contributed by atoms with Crippen LogP contribution in [0, 0.1) is 0 Å². The van der Waals surface area contributed by atoms with Crippen molar-refractivity contribution in [3.8, 4) is 39.1 Å². The Morgan fingerprint density at radius 3 is 1.23 bits per heavy atom. The molecule has 0 atom stereocenters. The molecule has 0 amide bonds. The summed E-state index contributed by atoms with van der Waals surface area (Å²) in [6, 6.07) is 68.0. The molecule has 0 spiro atoms. The maximum absolute atomic E-state index is 9.01. The molecule has 1 aromatic heterocycles. The lowest BCUT2D eigenvalue weighted by atomic mass is 9.81. The van der Waals surface area contributed by atoms with Gasteiger partial charge < -0.3 is 4.57 Å². The fourth-order valence-electron chi connectivity index (χ4n) is 14.2. The number of hydrogen-bond donors (Lipinski definition) is 0. The first-order valence-electron chi connectivity index (χ1n) is 32.6. The Bertz CT molecular complexity index is 5650. The van der Waals surface area contributed by atoms with E-state index in [4.69, 9.17) is 13.7 Å². The second kappa shape index (κ2) is 18.0. The Morgan fingerprint density at radius 2 is 0.691 bits per heavy atom. The molecular formula is C79H56BrN. The second-order valence-corrected chi connectivity index (χ2v) is 23.7. The van der Waals surface area contributed by atoms with Crippen molar-refractivity contribution in [2.75, 3.05) is 0 Å². The van der Waals surface area contributed by atoms with Crippen molar-refractivity contribution in [2.45, 2.75) is 44.9 Å². The van der Waals surface area contributed by atoms with E-state index in [-0.39, 0.29) is 75.4 Å². The van der Waals surface area contributed by atoms with Crippen LogP contribution in [0.3, 0.4) is 0 Å². The summed E-state index contributed by atoms with van der Waals surface area (Å²) in [5.41, 5.74) is 17.9. The molecule has 15 aromatic rings. The SMILES string of the molecule is CC1(C)c2ccccc2-c2cc3c(cc21)Cc1cc2c4ccccc4c4ccccc4c2cc1-3.[2H]c1c([2H])c([2H])c(-n2c3cc4c(cc3c3cc5c6ccccc6c6ccccc6c5cc32)-c2ccccc2C4(C)C)c([2H])c1[2H].[2H]c1c([2H])c([2H])c(Br)c([2H])c1[2H]. The number of nitrogens with zero attached hydrogens (tertiary/aromatic N) is 1. The van der Waals surface area contributed by atoms with Crippen LogP contribution in [0.4, 0.5) is 0 Å². The van der Waals surface area contributed by atoms with Crippen molar-refractivity contribution in [3.63, 3.8) is 0 Å². The van der Waals surface area contributed by atoms with Gasteiger partial charge in [-0.1, -0.05) is 232 Å². The van der Waals surface area contributed by atoms with E-state index >= 15 is 0 Å². The number of hydrogen-bond acceptors (Lipinski definition) is 0. The van der Waals surface area contributed by atoms with E-state index in [1.54, 1.807) is 0 Å². The molecule has 3 aliphatic rings. The van der Waals surface area contributed by atoms with Crippen LogP contribution in [0.25, 0.3) is 126 Å². The number of para-hydroxylation sites is 1. The zero-order valence-corrected chi connectivity index (χ0v) is 46.6. The van der Waals surface area contributed by atoms with Crippen LogP contribution in [-0.4, -0.2) is 4.57 Å². The van der Waals surface area contributed by atoms with Gasteiger partial charge in [-0.3, -0.25) is 0 Å². The highest BCUT2D eigenvalue weighted by Gasteiger charge is 2.38. The first-order chi connectivity index (χ1) is 43.8. The normalized spacial score (nSPS) is 15.6. The van der Waals surface area contributed by atoms with Crippen molar-refractivity contribution < 1.29 is 13.7 Å². The Hall–Kier alpha value is -9.08. The highest BCUT2D eigenvalue weighted by Crippen LogP contribution is 2.54. The van der Waals surface area contributed by atoms with Crippen molar-refractivity contribution in [3.05, 3.63) is 292 Å². The van der Waals surface area contributed by atoms with Crippen LogP contribution in [0.2, 0.25) is 0 Å². The minimum Gasteiger partial charge on any atom is -0.309 e. The third kappa shape index (κ3) is 7.16. The third-order valence-electron chi connectivity index (χ3n) is 18.0. The standard InChI is InChI=1S/C39H27N.C34H24.C6H5Br/c1-39(2)35-19-11-10-18-29(35)32-21-34-33-20-30-27-16-8-6-14-25(27)26-15-7-9-17-28(26)31(30)22-37(33)40(38(34)23-36(32)39)24-12-4-3-5-13-24;1-34(2)32-14-8-7-13-26(32)31-19-28-21(17-33(31)34)15-20-16-29-24-11-5-3-9-22(24)23-10-4-6-12-25(23)30(29)18-27(20)28;7-6-4-2-1-3-5-6/h3-23H,1-2H3;3-14,16-19H,15H2,1-2H3;1-5H/i3D,4D,5D,12D,13D;;1D,2D,3D,4D,5D. The first kappa shape index (κ1) is 38.5. The van der Waals surface area contributed by atoms with E-state index in [9.17, 15) is 0 Å². The van der Waals surface area contributed by atoms with Gasteiger partial charge >= 0.3 is 0 Å². The van der Waals surface area contributed by atoms with E-state index in [1.807, 2.05) is 4.57 Å². The molecule has 0 saturated heterocycles.